The van der Waals surface area contributed by atoms with Crippen molar-refractivity contribution >= 4 is 28.5 Å². The van der Waals surface area contributed by atoms with Crippen molar-refractivity contribution in [2.45, 2.75) is 31.4 Å². The summed E-state index contributed by atoms with van der Waals surface area (Å²) in [6.45, 7) is 0. The molecular formula is C18H18ClFN4O. The molecule has 3 N–H and O–H groups in total. The fraction of sp³-hybridized carbons (Fsp3) is 0.333. The summed E-state index contributed by atoms with van der Waals surface area (Å²) in [5, 5.41) is 11.6. The van der Waals surface area contributed by atoms with Gasteiger partial charge in [0.05, 0.1) is 16.5 Å². The first kappa shape index (κ1) is 16.3. The van der Waals surface area contributed by atoms with Crippen molar-refractivity contribution < 1.29 is 9.50 Å². The van der Waals surface area contributed by atoms with Crippen LogP contribution >= 0.6 is 11.6 Å². The van der Waals surface area contributed by atoms with Crippen LogP contribution < -0.4 is 5.73 Å². The fourth-order valence-corrected chi connectivity index (χ4v) is 3.97. The van der Waals surface area contributed by atoms with E-state index < -0.39 is 11.9 Å². The second kappa shape index (κ2) is 6.28. The highest BCUT2D eigenvalue weighted by molar-refractivity contribution is 6.30. The van der Waals surface area contributed by atoms with Crippen LogP contribution in [0.2, 0.25) is 5.02 Å². The van der Waals surface area contributed by atoms with Gasteiger partial charge >= 0.3 is 0 Å². The molecular weight excluding hydrogens is 343 g/mol. The van der Waals surface area contributed by atoms with E-state index in [2.05, 4.69) is 14.5 Å². The molecule has 4 rings (SSSR count). The predicted molar refractivity (Wildman–Crippen MR) is 94.7 cm³/mol. The quantitative estimate of drug-likeness (QED) is 0.743. The molecule has 25 heavy (non-hydrogen) atoms. The average Bonchev–Trinajstić information content (AvgIpc) is 3.24. The van der Waals surface area contributed by atoms with E-state index in [1.54, 1.807) is 6.07 Å². The average molecular weight is 361 g/mol. The van der Waals surface area contributed by atoms with E-state index in [1.807, 2.05) is 12.3 Å². The zero-order valence-corrected chi connectivity index (χ0v) is 14.2. The number of hydrogen-bond donors (Lipinski definition) is 2. The van der Waals surface area contributed by atoms with E-state index in [9.17, 15) is 9.50 Å². The predicted octanol–water partition coefficient (Wildman–Crippen LogP) is 3.88. The number of nitrogen functional groups attached to an aromatic ring is 1. The van der Waals surface area contributed by atoms with E-state index in [0.717, 1.165) is 30.3 Å². The van der Waals surface area contributed by atoms with E-state index >= 15 is 0 Å². The van der Waals surface area contributed by atoms with Gasteiger partial charge in [-0.1, -0.05) is 17.7 Å². The number of aliphatic hydroxyl groups is 1. The minimum absolute atomic E-state index is 0.0367. The number of anilines is 1. The van der Waals surface area contributed by atoms with Gasteiger partial charge < -0.3 is 15.4 Å². The van der Waals surface area contributed by atoms with Gasteiger partial charge in [-0.3, -0.25) is 0 Å². The Morgan fingerprint density at radius 2 is 2.12 bits per heavy atom. The third-order valence-corrected chi connectivity index (χ3v) is 5.40. The molecule has 1 aliphatic carbocycles. The van der Waals surface area contributed by atoms with Crippen LogP contribution in [0.3, 0.4) is 0 Å². The standard InChI is InChI=1S/C18H18ClFN4O/c19-14-8-11(2-4-15(14)20)16(25)10-1-3-12(7-10)24-6-5-13-17(21)22-9-23-18(13)24/h2,4-6,8-10,12,16,25H,1,3,7H2,(H2,21,22,23). The zero-order chi connectivity index (χ0) is 17.6. The summed E-state index contributed by atoms with van der Waals surface area (Å²) in [5.41, 5.74) is 7.37. The van der Waals surface area contributed by atoms with Crippen molar-refractivity contribution in [1.82, 2.24) is 14.5 Å². The van der Waals surface area contributed by atoms with Crippen LogP contribution in [0.15, 0.2) is 36.8 Å². The van der Waals surface area contributed by atoms with Gasteiger partial charge in [-0.2, -0.15) is 0 Å². The van der Waals surface area contributed by atoms with Crippen LogP contribution in [0.1, 0.15) is 37.0 Å². The molecule has 0 radical (unpaired) electrons. The maximum atomic E-state index is 13.3. The SMILES string of the molecule is Nc1ncnc2c1ccn2C1CCC(C(O)c2ccc(F)c(Cl)c2)C1. The summed E-state index contributed by atoms with van der Waals surface area (Å²) >= 11 is 5.84. The van der Waals surface area contributed by atoms with E-state index in [0.29, 0.717) is 11.4 Å². The number of rotatable bonds is 3. The second-order valence-electron chi connectivity index (χ2n) is 6.56. The first-order valence-electron chi connectivity index (χ1n) is 8.24. The third-order valence-electron chi connectivity index (χ3n) is 5.11. The fourth-order valence-electron chi connectivity index (χ4n) is 3.78. The molecule has 2 heterocycles. The third kappa shape index (κ3) is 2.85. The molecule has 3 aromatic rings. The Bertz CT molecular complexity index is 929. The molecule has 5 nitrogen and oxygen atoms in total. The van der Waals surface area contributed by atoms with Crippen molar-refractivity contribution in [3.05, 3.63) is 53.2 Å². The lowest BCUT2D eigenvalue weighted by Gasteiger charge is -2.20. The number of fused-ring (bicyclic) bond motifs is 1. The summed E-state index contributed by atoms with van der Waals surface area (Å²) in [4.78, 5) is 8.36. The van der Waals surface area contributed by atoms with E-state index in [-0.39, 0.29) is 17.0 Å². The molecule has 1 saturated carbocycles. The molecule has 3 atom stereocenters. The maximum absolute atomic E-state index is 13.3. The van der Waals surface area contributed by atoms with Crippen molar-refractivity contribution in [3.63, 3.8) is 0 Å². The Balaban J connectivity index is 1.56. The molecule has 1 aromatic carbocycles. The lowest BCUT2D eigenvalue weighted by molar-refractivity contribution is 0.109. The van der Waals surface area contributed by atoms with Crippen molar-refractivity contribution in [1.29, 1.82) is 0 Å². The van der Waals surface area contributed by atoms with Crippen LogP contribution in [0.25, 0.3) is 11.0 Å². The van der Waals surface area contributed by atoms with Crippen molar-refractivity contribution in [2.24, 2.45) is 5.92 Å². The van der Waals surface area contributed by atoms with Crippen molar-refractivity contribution in [2.75, 3.05) is 5.73 Å². The number of nitrogens with zero attached hydrogens (tertiary/aromatic N) is 3. The highest BCUT2D eigenvalue weighted by atomic mass is 35.5. The molecule has 1 fully saturated rings. The van der Waals surface area contributed by atoms with Gasteiger partial charge in [0.15, 0.2) is 0 Å². The summed E-state index contributed by atoms with van der Waals surface area (Å²) in [5.74, 6) is 0.0837. The normalized spacial score (nSPS) is 21.7. The Morgan fingerprint density at radius 1 is 1.28 bits per heavy atom. The van der Waals surface area contributed by atoms with E-state index in [4.69, 9.17) is 17.3 Å². The molecule has 3 unspecified atom stereocenters. The van der Waals surface area contributed by atoms with Gasteiger partial charge in [0.2, 0.25) is 0 Å². The molecule has 0 spiro atoms. The molecule has 7 heteroatoms. The summed E-state index contributed by atoms with van der Waals surface area (Å²) in [7, 11) is 0. The number of halogens is 2. The van der Waals surface area contributed by atoms with Crippen LogP contribution in [-0.2, 0) is 0 Å². The van der Waals surface area contributed by atoms with Crippen LogP contribution in [0.4, 0.5) is 10.2 Å². The first-order chi connectivity index (χ1) is 12.0. The van der Waals surface area contributed by atoms with Gasteiger partial charge in [0, 0.05) is 12.2 Å². The van der Waals surface area contributed by atoms with Gasteiger partial charge in [-0.15, -0.1) is 0 Å². The number of nitrogens with two attached hydrogens (primary N) is 1. The van der Waals surface area contributed by atoms with Crippen LogP contribution in [0.5, 0.6) is 0 Å². The summed E-state index contributed by atoms with van der Waals surface area (Å²) in [6.07, 6.45) is 5.40. The molecule has 130 valence electrons. The lowest BCUT2D eigenvalue weighted by Crippen LogP contribution is -2.11. The number of benzene rings is 1. The van der Waals surface area contributed by atoms with Crippen LogP contribution in [-0.4, -0.2) is 19.6 Å². The van der Waals surface area contributed by atoms with Gasteiger partial charge in [0.1, 0.15) is 23.6 Å². The van der Waals surface area contributed by atoms with Gasteiger partial charge in [-0.05, 0) is 48.9 Å². The molecule has 0 amide bonds. The molecule has 0 aliphatic heterocycles. The number of aromatic nitrogens is 3. The largest absolute Gasteiger partial charge is 0.388 e. The number of hydrogen-bond acceptors (Lipinski definition) is 4. The smallest absolute Gasteiger partial charge is 0.145 e. The maximum Gasteiger partial charge on any atom is 0.145 e. The summed E-state index contributed by atoms with van der Waals surface area (Å²) < 4.78 is 15.4. The first-order valence-corrected chi connectivity index (χ1v) is 8.62. The molecule has 0 saturated heterocycles. The Kier molecular flexibility index (Phi) is 4.09. The minimum atomic E-state index is -0.662. The minimum Gasteiger partial charge on any atom is -0.388 e. The Hall–Kier alpha value is -2.18. The van der Waals surface area contributed by atoms with E-state index in [1.165, 1.54) is 18.5 Å². The lowest BCUT2D eigenvalue weighted by atomic mass is 9.94. The van der Waals surface area contributed by atoms with Gasteiger partial charge in [0.25, 0.3) is 0 Å². The zero-order valence-electron chi connectivity index (χ0n) is 13.4. The highest BCUT2D eigenvalue weighted by Crippen LogP contribution is 2.43. The molecule has 2 aromatic heterocycles. The Morgan fingerprint density at radius 3 is 2.92 bits per heavy atom. The highest BCUT2D eigenvalue weighted by Gasteiger charge is 2.32. The monoisotopic (exact) mass is 360 g/mol. The summed E-state index contributed by atoms with van der Waals surface area (Å²) in [6, 6.07) is 6.56. The topological polar surface area (TPSA) is 77.0 Å². The Labute approximate surface area is 149 Å². The molecule has 1 aliphatic rings. The second-order valence-corrected chi connectivity index (χ2v) is 6.97. The van der Waals surface area contributed by atoms with Gasteiger partial charge in [-0.25, -0.2) is 14.4 Å². The molecule has 0 bridgehead atoms. The van der Waals surface area contributed by atoms with Crippen molar-refractivity contribution in [3.8, 4) is 0 Å². The number of aliphatic hydroxyl groups excluding tert-OH is 1. The van der Waals surface area contributed by atoms with Crippen LogP contribution in [0, 0.1) is 11.7 Å².